The van der Waals surface area contributed by atoms with E-state index in [1.165, 1.54) is 0 Å². The first-order chi connectivity index (χ1) is 4.81. The van der Waals surface area contributed by atoms with E-state index < -0.39 is 28.6 Å². The van der Waals surface area contributed by atoms with E-state index in [1.807, 2.05) is 0 Å². The highest BCUT2D eigenvalue weighted by molar-refractivity contribution is 7.81. The molecule has 0 aromatic rings. The highest BCUT2D eigenvalue weighted by atomic mass is 32.3. The summed E-state index contributed by atoms with van der Waals surface area (Å²) in [5.74, 6) is -1.83. The number of hydrogen-bond donors (Lipinski definition) is 1. The Morgan fingerprint density at radius 2 is 1.91 bits per heavy atom. The Kier molecular flexibility index (Phi) is 3.15. The largest absolute Gasteiger partial charge is 0.448 e. The van der Waals surface area contributed by atoms with Crippen LogP contribution >= 0.6 is 0 Å². The molecule has 0 rings (SSSR count). The zero-order valence-electron chi connectivity index (χ0n) is 5.60. The van der Waals surface area contributed by atoms with Gasteiger partial charge in [-0.15, -0.1) is 0 Å². The normalized spacial score (nSPS) is 10.7. The molecule has 64 valence electrons. The average Bonchev–Trinajstić information content (AvgIpc) is 1.53. The lowest BCUT2D eigenvalue weighted by atomic mass is 10.3. The standard InChI is InChI=1S/C4H6O6S/c1-3(5)2-4(6)10-11(7,8)9/h2H2,1H3,(H,7,8,9). The molecule has 0 fully saturated rings. The maximum atomic E-state index is 10.3. The maximum Gasteiger partial charge on any atom is 0.448 e. The highest BCUT2D eigenvalue weighted by Gasteiger charge is 2.14. The van der Waals surface area contributed by atoms with Crippen molar-refractivity contribution in [3.63, 3.8) is 0 Å². The summed E-state index contributed by atoms with van der Waals surface area (Å²) in [4.78, 5) is 20.4. The molecular weight excluding hydrogens is 176 g/mol. The van der Waals surface area contributed by atoms with Gasteiger partial charge in [0.05, 0.1) is 0 Å². The van der Waals surface area contributed by atoms with Crippen LogP contribution in [-0.2, 0) is 24.2 Å². The van der Waals surface area contributed by atoms with Crippen molar-refractivity contribution in [2.75, 3.05) is 0 Å². The van der Waals surface area contributed by atoms with E-state index in [9.17, 15) is 18.0 Å². The predicted molar refractivity (Wildman–Crippen MR) is 32.9 cm³/mol. The van der Waals surface area contributed by atoms with Crippen molar-refractivity contribution in [1.82, 2.24) is 0 Å². The van der Waals surface area contributed by atoms with Crippen molar-refractivity contribution >= 4 is 22.2 Å². The van der Waals surface area contributed by atoms with Crippen molar-refractivity contribution in [1.29, 1.82) is 0 Å². The molecule has 1 N–H and O–H groups in total. The molecule has 0 unspecified atom stereocenters. The molecule has 6 nitrogen and oxygen atoms in total. The van der Waals surface area contributed by atoms with Gasteiger partial charge in [0.1, 0.15) is 12.2 Å². The van der Waals surface area contributed by atoms with Crippen LogP contribution in [0.5, 0.6) is 0 Å². The molecular formula is C4H6O6S. The van der Waals surface area contributed by atoms with E-state index in [-0.39, 0.29) is 0 Å². The number of hydrogen-bond acceptors (Lipinski definition) is 5. The molecule has 11 heavy (non-hydrogen) atoms. The Morgan fingerprint density at radius 3 is 2.18 bits per heavy atom. The quantitative estimate of drug-likeness (QED) is 0.458. The average molecular weight is 182 g/mol. The number of rotatable bonds is 3. The third-order valence-corrected chi connectivity index (χ3v) is 0.988. The third-order valence-electron chi connectivity index (χ3n) is 0.592. The van der Waals surface area contributed by atoms with Gasteiger partial charge in [0.25, 0.3) is 0 Å². The summed E-state index contributed by atoms with van der Waals surface area (Å²) >= 11 is 0. The molecule has 0 saturated heterocycles. The zero-order valence-corrected chi connectivity index (χ0v) is 6.42. The van der Waals surface area contributed by atoms with Crippen molar-refractivity contribution in [2.45, 2.75) is 13.3 Å². The fraction of sp³-hybridized carbons (Fsp3) is 0.500. The van der Waals surface area contributed by atoms with Gasteiger partial charge in [0.2, 0.25) is 0 Å². The fourth-order valence-electron chi connectivity index (χ4n) is 0.350. The molecule has 7 heteroatoms. The fourth-order valence-corrected chi connectivity index (χ4v) is 0.644. The van der Waals surface area contributed by atoms with E-state index in [2.05, 4.69) is 4.18 Å². The maximum absolute atomic E-state index is 10.3. The Balaban J connectivity index is 4.01. The van der Waals surface area contributed by atoms with E-state index >= 15 is 0 Å². The van der Waals surface area contributed by atoms with Gasteiger partial charge in [-0.1, -0.05) is 0 Å². The van der Waals surface area contributed by atoms with Gasteiger partial charge in [-0.3, -0.25) is 14.1 Å². The van der Waals surface area contributed by atoms with E-state index in [4.69, 9.17) is 4.55 Å². The first-order valence-corrected chi connectivity index (χ1v) is 3.87. The highest BCUT2D eigenvalue weighted by Crippen LogP contribution is 1.92. The van der Waals surface area contributed by atoms with Crippen molar-refractivity contribution in [2.24, 2.45) is 0 Å². The predicted octanol–water partition coefficient (Wildman–Crippen LogP) is -0.688. The number of carbonyl (C=O) groups excluding carboxylic acids is 2. The molecule has 0 heterocycles. The second-order valence-corrected chi connectivity index (χ2v) is 2.78. The van der Waals surface area contributed by atoms with Crippen LogP contribution in [0, 0.1) is 0 Å². The minimum Gasteiger partial charge on any atom is -0.325 e. The minimum atomic E-state index is -4.77. The molecule has 0 amide bonds. The molecule has 0 saturated carbocycles. The van der Waals surface area contributed by atoms with E-state index in [0.717, 1.165) is 6.92 Å². The summed E-state index contributed by atoms with van der Waals surface area (Å²) in [6, 6.07) is 0. The Labute approximate surface area is 63.1 Å². The van der Waals surface area contributed by atoms with Crippen molar-refractivity contribution in [3.05, 3.63) is 0 Å². The molecule has 0 aliphatic heterocycles. The lowest BCUT2D eigenvalue weighted by Gasteiger charge is -1.95. The molecule has 0 spiro atoms. The van der Waals surface area contributed by atoms with Gasteiger partial charge in [-0.25, -0.2) is 0 Å². The number of Topliss-reactive ketones (excluding diaryl/α,β-unsaturated/α-hetero) is 1. The Morgan fingerprint density at radius 1 is 1.45 bits per heavy atom. The lowest BCUT2D eigenvalue weighted by Crippen LogP contribution is -2.14. The third kappa shape index (κ3) is 6.94. The molecule has 0 bridgehead atoms. The number of ketones is 1. The summed E-state index contributed by atoms with van der Waals surface area (Å²) < 4.78 is 31.0. The topological polar surface area (TPSA) is 97.7 Å². The zero-order chi connectivity index (χ0) is 9.07. The number of carbonyl (C=O) groups is 2. The van der Waals surface area contributed by atoms with Gasteiger partial charge < -0.3 is 4.18 Å². The summed E-state index contributed by atoms with van der Waals surface area (Å²) in [5, 5.41) is 0. The van der Waals surface area contributed by atoms with Crippen LogP contribution in [-0.4, -0.2) is 24.7 Å². The van der Waals surface area contributed by atoms with Gasteiger partial charge in [-0.05, 0) is 6.92 Å². The van der Waals surface area contributed by atoms with Crippen LogP contribution < -0.4 is 0 Å². The summed E-state index contributed by atoms with van der Waals surface area (Å²) in [5.41, 5.74) is 0. The van der Waals surface area contributed by atoms with Crippen molar-refractivity contribution < 1.29 is 26.7 Å². The Hall–Kier alpha value is -0.950. The van der Waals surface area contributed by atoms with Gasteiger partial charge in [0, 0.05) is 0 Å². The van der Waals surface area contributed by atoms with Gasteiger partial charge in [-0.2, -0.15) is 8.42 Å². The van der Waals surface area contributed by atoms with Crippen LogP contribution in [0.3, 0.4) is 0 Å². The summed E-state index contributed by atoms with van der Waals surface area (Å²) in [7, 11) is -4.77. The first kappa shape index (κ1) is 10.0. The molecule has 0 radical (unpaired) electrons. The molecule has 0 atom stereocenters. The van der Waals surface area contributed by atoms with Gasteiger partial charge >= 0.3 is 16.4 Å². The molecule has 0 aromatic carbocycles. The SMILES string of the molecule is CC(=O)CC(=O)OS(=O)(=O)O. The summed E-state index contributed by atoms with van der Waals surface area (Å²) in [6.07, 6.45) is -0.667. The molecule has 0 aromatic heterocycles. The van der Waals surface area contributed by atoms with Crippen LogP contribution in [0.25, 0.3) is 0 Å². The Bertz CT molecular complexity index is 262. The second-order valence-electron chi connectivity index (χ2n) is 1.76. The molecule has 0 aliphatic rings. The summed E-state index contributed by atoms with van der Waals surface area (Å²) in [6.45, 7) is 1.09. The van der Waals surface area contributed by atoms with Crippen molar-refractivity contribution in [3.8, 4) is 0 Å². The van der Waals surface area contributed by atoms with Crippen LogP contribution in [0.2, 0.25) is 0 Å². The van der Waals surface area contributed by atoms with E-state index in [1.54, 1.807) is 0 Å². The van der Waals surface area contributed by atoms with Crippen LogP contribution in [0.1, 0.15) is 13.3 Å². The van der Waals surface area contributed by atoms with Crippen LogP contribution in [0.15, 0.2) is 0 Å². The van der Waals surface area contributed by atoms with Crippen LogP contribution in [0.4, 0.5) is 0 Å². The minimum absolute atomic E-state index is 0.543. The second kappa shape index (κ2) is 3.44. The lowest BCUT2D eigenvalue weighted by molar-refractivity contribution is -0.137. The smallest absolute Gasteiger partial charge is 0.325 e. The monoisotopic (exact) mass is 182 g/mol. The first-order valence-electron chi connectivity index (χ1n) is 2.50. The molecule has 0 aliphatic carbocycles. The van der Waals surface area contributed by atoms with Gasteiger partial charge in [0.15, 0.2) is 0 Å². The van der Waals surface area contributed by atoms with E-state index in [0.29, 0.717) is 0 Å².